The van der Waals surface area contributed by atoms with Crippen molar-refractivity contribution in [2.24, 2.45) is 0 Å². The molecule has 0 bridgehead atoms. The topological polar surface area (TPSA) is 84.0 Å². The van der Waals surface area contributed by atoms with E-state index < -0.39 is 0 Å². The van der Waals surface area contributed by atoms with Crippen LogP contribution in [-0.2, 0) is 6.54 Å². The Morgan fingerprint density at radius 2 is 1.65 bits per heavy atom. The van der Waals surface area contributed by atoms with Crippen LogP contribution in [0.4, 0.5) is 5.88 Å². The highest BCUT2D eigenvalue weighted by molar-refractivity contribution is 5.71. The number of ether oxygens (including phenoxy) is 3. The Hall–Kier alpha value is -3.96. The third kappa shape index (κ3) is 5.16. The van der Waals surface area contributed by atoms with Crippen LogP contribution in [-0.4, -0.2) is 57.4 Å². The monoisotopic (exact) mass is 460 g/mol. The lowest BCUT2D eigenvalue weighted by Crippen LogP contribution is -2.46. The van der Waals surface area contributed by atoms with Crippen LogP contribution in [0.5, 0.6) is 17.2 Å². The summed E-state index contributed by atoms with van der Waals surface area (Å²) in [4.78, 5) is 8.86. The van der Waals surface area contributed by atoms with Crippen molar-refractivity contribution in [3.63, 3.8) is 0 Å². The van der Waals surface area contributed by atoms with Crippen molar-refractivity contribution in [3.05, 3.63) is 65.2 Å². The molecular weight excluding hydrogens is 432 g/mol. The maximum Gasteiger partial charge on any atom is 0.235 e. The summed E-state index contributed by atoms with van der Waals surface area (Å²) in [6.07, 6.45) is 3.57. The van der Waals surface area contributed by atoms with Gasteiger partial charge in [0.05, 0.1) is 21.3 Å². The van der Waals surface area contributed by atoms with Crippen LogP contribution in [0.3, 0.4) is 0 Å². The normalized spacial score (nSPS) is 14.2. The smallest absolute Gasteiger partial charge is 0.235 e. The lowest BCUT2D eigenvalue weighted by Gasteiger charge is -2.34. The largest absolute Gasteiger partial charge is 0.493 e. The molecule has 8 nitrogen and oxygen atoms in total. The van der Waals surface area contributed by atoms with Crippen molar-refractivity contribution >= 4 is 18.0 Å². The average molecular weight is 461 g/mol. The fourth-order valence-corrected chi connectivity index (χ4v) is 4.00. The van der Waals surface area contributed by atoms with Crippen LogP contribution in [0.1, 0.15) is 22.7 Å². The van der Waals surface area contributed by atoms with Gasteiger partial charge in [-0.2, -0.15) is 10.2 Å². The van der Waals surface area contributed by atoms with Crippen LogP contribution in [0.25, 0.3) is 12.2 Å². The van der Waals surface area contributed by atoms with E-state index in [1.165, 1.54) is 5.56 Å². The Balaban J connectivity index is 1.46. The minimum atomic E-state index is 0.293. The molecule has 0 radical (unpaired) electrons. The molecular formula is C26H28N4O4. The molecule has 2 heterocycles. The molecule has 0 unspecified atom stereocenters. The lowest BCUT2D eigenvalue weighted by molar-refractivity contribution is 0.246. The summed E-state index contributed by atoms with van der Waals surface area (Å²) >= 11 is 0. The summed E-state index contributed by atoms with van der Waals surface area (Å²) in [5, 5.41) is 9.61. The zero-order valence-electron chi connectivity index (χ0n) is 19.7. The predicted octanol–water partition coefficient (Wildman–Crippen LogP) is 4.06. The molecule has 0 N–H and O–H groups in total. The first kappa shape index (κ1) is 23.2. The summed E-state index contributed by atoms with van der Waals surface area (Å²) in [5.41, 5.74) is 2.41. The maximum absolute atomic E-state index is 9.61. The number of rotatable bonds is 8. The molecule has 1 aromatic heterocycles. The first-order valence-electron chi connectivity index (χ1n) is 11.1. The summed E-state index contributed by atoms with van der Waals surface area (Å²) in [6, 6.07) is 16.3. The van der Waals surface area contributed by atoms with Crippen molar-refractivity contribution in [2.75, 3.05) is 52.4 Å². The van der Waals surface area contributed by atoms with Crippen molar-refractivity contribution in [1.82, 2.24) is 9.88 Å². The number of anilines is 1. The van der Waals surface area contributed by atoms with Crippen LogP contribution in [0.15, 0.2) is 46.9 Å². The highest BCUT2D eigenvalue weighted by atomic mass is 16.5. The van der Waals surface area contributed by atoms with E-state index in [0.717, 1.165) is 38.3 Å². The molecule has 176 valence electrons. The van der Waals surface area contributed by atoms with Gasteiger partial charge in [0.15, 0.2) is 11.5 Å². The molecule has 4 rings (SSSR count). The molecule has 0 saturated carbocycles. The standard InChI is InChI=1S/C26H28N4O4/c1-31-22-15-20(16-23(32-2)25(22)33-3)9-10-24-28-21(17-27)26(34-24)30-13-11-29(12-14-30)18-19-7-5-4-6-8-19/h4-10,15-16H,11-14,18H2,1-3H3/b10-9+. The van der Waals surface area contributed by atoms with E-state index in [1.54, 1.807) is 27.4 Å². The van der Waals surface area contributed by atoms with E-state index in [0.29, 0.717) is 34.7 Å². The number of hydrogen-bond donors (Lipinski definition) is 0. The van der Waals surface area contributed by atoms with Crippen LogP contribution in [0, 0.1) is 11.3 Å². The molecule has 0 spiro atoms. The van der Waals surface area contributed by atoms with Gasteiger partial charge in [0.2, 0.25) is 23.2 Å². The van der Waals surface area contributed by atoms with Gasteiger partial charge in [-0.25, -0.2) is 0 Å². The van der Waals surface area contributed by atoms with E-state index >= 15 is 0 Å². The van der Waals surface area contributed by atoms with Gasteiger partial charge in [0, 0.05) is 38.8 Å². The fraction of sp³-hybridized carbons (Fsp3) is 0.308. The second kappa shape index (κ2) is 10.8. The van der Waals surface area contributed by atoms with Crippen molar-refractivity contribution in [1.29, 1.82) is 5.26 Å². The summed E-state index contributed by atoms with van der Waals surface area (Å²) in [7, 11) is 4.71. The van der Waals surface area contributed by atoms with Crippen molar-refractivity contribution < 1.29 is 18.6 Å². The maximum atomic E-state index is 9.61. The predicted molar refractivity (Wildman–Crippen MR) is 130 cm³/mol. The van der Waals surface area contributed by atoms with Gasteiger partial charge in [-0.05, 0) is 29.3 Å². The molecule has 3 aromatic rings. The van der Waals surface area contributed by atoms with Gasteiger partial charge in [0.25, 0.3) is 0 Å². The van der Waals surface area contributed by atoms with Gasteiger partial charge in [0.1, 0.15) is 6.07 Å². The van der Waals surface area contributed by atoms with Crippen molar-refractivity contribution in [3.8, 4) is 23.3 Å². The number of nitrogens with zero attached hydrogens (tertiary/aromatic N) is 4. The fourth-order valence-electron chi connectivity index (χ4n) is 4.00. The molecule has 1 saturated heterocycles. The Bertz CT molecular complexity index is 1150. The SMILES string of the molecule is COc1cc(/C=C/c2nc(C#N)c(N3CCN(Cc4ccccc4)CC3)o2)cc(OC)c1OC. The third-order valence-electron chi connectivity index (χ3n) is 5.75. The van der Waals surface area contributed by atoms with E-state index in [2.05, 4.69) is 45.1 Å². The van der Waals surface area contributed by atoms with E-state index in [-0.39, 0.29) is 0 Å². The van der Waals surface area contributed by atoms with Crippen LogP contribution < -0.4 is 19.1 Å². The number of oxazole rings is 1. The zero-order chi connectivity index (χ0) is 23.9. The quantitative estimate of drug-likeness (QED) is 0.498. The number of methoxy groups -OCH3 is 3. The Labute approximate surface area is 199 Å². The molecule has 1 aliphatic heterocycles. The third-order valence-corrected chi connectivity index (χ3v) is 5.75. The van der Waals surface area contributed by atoms with E-state index in [4.69, 9.17) is 18.6 Å². The molecule has 0 aliphatic carbocycles. The second-order valence-electron chi connectivity index (χ2n) is 7.86. The molecule has 8 heteroatoms. The Morgan fingerprint density at radius 3 is 2.24 bits per heavy atom. The van der Waals surface area contributed by atoms with Gasteiger partial charge in [-0.3, -0.25) is 4.90 Å². The number of hydrogen-bond acceptors (Lipinski definition) is 8. The molecule has 34 heavy (non-hydrogen) atoms. The number of piperazine rings is 1. The lowest BCUT2D eigenvalue weighted by atomic mass is 10.1. The Morgan fingerprint density at radius 1 is 0.971 bits per heavy atom. The minimum absolute atomic E-state index is 0.293. The summed E-state index contributed by atoms with van der Waals surface area (Å²) in [6.45, 7) is 4.23. The first-order valence-corrected chi connectivity index (χ1v) is 11.1. The zero-order valence-corrected chi connectivity index (χ0v) is 19.7. The minimum Gasteiger partial charge on any atom is -0.493 e. The summed E-state index contributed by atoms with van der Waals surface area (Å²) in [5.74, 6) is 2.53. The average Bonchev–Trinajstić information content (AvgIpc) is 3.31. The van der Waals surface area contributed by atoms with E-state index in [9.17, 15) is 5.26 Å². The van der Waals surface area contributed by atoms with Gasteiger partial charge < -0.3 is 23.5 Å². The van der Waals surface area contributed by atoms with Crippen LogP contribution >= 0.6 is 0 Å². The van der Waals surface area contributed by atoms with Gasteiger partial charge >= 0.3 is 0 Å². The Kier molecular flexibility index (Phi) is 7.35. The highest BCUT2D eigenvalue weighted by Crippen LogP contribution is 2.38. The molecule has 2 aromatic carbocycles. The molecule has 1 fully saturated rings. The number of nitriles is 1. The number of aromatic nitrogens is 1. The molecule has 1 aliphatic rings. The van der Waals surface area contributed by atoms with Gasteiger partial charge in [-0.15, -0.1) is 0 Å². The summed E-state index contributed by atoms with van der Waals surface area (Å²) < 4.78 is 22.2. The molecule has 0 amide bonds. The van der Waals surface area contributed by atoms with Crippen LogP contribution in [0.2, 0.25) is 0 Å². The highest BCUT2D eigenvalue weighted by Gasteiger charge is 2.24. The van der Waals surface area contributed by atoms with E-state index in [1.807, 2.05) is 24.3 Å². The molecule has 0 atom stereocenters. The van der Waals surface area contributed by atoms with Gasteiger partial charge in [-0.1, -0.05) is 30.3 Å². The van der Waals surface area contributed by atoms with Crippen molar-refractivity contribution in [2.45, 2.75) is 6.54 Å². The first-order chi connectivity index (χ1) is 16.6. The number of benzene rings is 2. The second-order valence-corrected chi connectivity index (χ2v) is 7.86.